The van der Waals surface area contributed by atoms with Crippen LogP contribution in [0.1, 0.15) is 34.9 Å². The van der Waals surface area contributed by atoms with Crippen molar-refractivity contribution in [3.05, 3.63) is 84.6 Å². The van der Waals surface area contributed by atoms with Crippen molar-refractivity contribution >= 4 is 16.9 Å². The Bertz CT molecular complexity index is 1130. The molecule has 6 rings (SSSR count). The predicted octanol–water partition coefficient (Wildman–Crippen LogP) is 5.04. The number of nitrogens with zero attached hydrogens (tertiary/aromatic N) is 2. The normalized spacial score (nSPS) is 25.3. The van der Waals surface area contributed by atoms with E-state index in [1.165, 1.54) is 0 Å². The number of ether oxygens (including phenoxy) is 2. The average Bonchev–Trinajstić information content (AvgIpc) is 2.87. The van der Waals surface area contributed by atoms with Crippen LogP contribution in [0.25, 0.3) is 10.9 Å². The Morgan fingerprint density at radius 1 is 1.22 bits per heavy atom. The molecule has 2 bridgehead atoms. The summed E-state index contributed by atoms with van der Waals surface area (Å²) in [6.07, 6.45) is 5.64. The lowest BCUT2D eigenvalue weighted by atomic mass is 9.73. The first-order valence-electron chi connectivity index (χ1n) is 11.2. The third-order valence-corrected chi connectivity index (χ3v) is 7.04. The Hall–Kier alpha value is -3.18. The Morgan fingerprint density at radius 3 is 2.78 bits per heavy atom. The zero-order valence-electron chi connectivity index (χ0n) is 18.3. The van der Waals surface area contributed by atoms with Crippen LogP contribution in [0.3, 0.4) is 0 Å². The van der Waals surface area contributed by atoms with Gasteiger partial charge in [-0.15, -0.1) is 6.58 Å². The molecular formula is C27H28N2O3. The highest BCUT2D eigenvalue weighted by molar-refractivity contribution is 5.90. The van der Waals surface area contributed by atoms with Crippen molar-refractivity contribution in [2.45, 2.75) is 25.0 Å². The van der Waals surface area contributed by atoms with Crippen LogP contribution in [0.2, 0.25) is 0 Å². The molecule has 3 fully saturated rings. The molecule has 2 aromatic carbocycles. The lowest BCUT2D eigenvalue weighted by Crippen LogP contribution is -2.55. The summed E-state index contributed by atoms with van der Waals surface area (Å²) in [6, 6.07) is 17.2. The minimum absolute atomic E-state index is 0.120. The molecule has 3 aromatic rings. The topological polar surface area (TPSA) is 51.7 Å². The molecule has 3 aliphatic rings. The zero-order valence-corrected chi connectivity index (χ0v) is 18.3. The minimum atomic E-state index is -0.395. The van der Waals surface area contributed by atoms with Gasteiger partial charge in [0.15, 0.2) is 0 Å². The number of pyridine rings is 1. The van der Waals surface area contributed by atoms with Gasteiger partial charge in [0, 0.05) is 23.7 Å². The summed E-state index contributed by atoms with van der Waals surface area (Å²) >= 11 is 0. The zero-order chi connectivity index (χ0) is 22.1. The Balaban J connectivity index is 1.57. The van der Waals surface area contributed by atoms with Crippen LogP contribution in [0.15, 0.2) is 73.4 Å². The van der Waals surface area contributed by atoms with Gasteiger partial charge in [-0.25, -0.2) is 4.79 Å². The van der Waals surface area contributed by atoms with Gasteiger partial charge in [0.2, 0.25) is 0 Å². The summed E-state index contributed by atoms with van der Waals surface area (Å²) in [5.74, 6) is 1.53. The number of methoxy groups -OCH3 is 1. The molecule has 0 N–H and O–H groups in total. The second-order valence-corrected chi connectivity index (χ2v) is 8.72. The number of aromatic nitrogens is 1. The SMILES string of the molecule is C=C[C@@H]1CN2CC[C@H]1C[C@@H]2[C@@H](OC(=O)c1ccccc1)c1ccnc2ccc(OC)cc12. The quantitative estimate of drug-likeness (QED) is 0.407. The van der Waals surface area contributed by atoms with Gasteiger partial charge in [-0.05, 0) is 67.6 Å². The molecule has 0 radical (unpaired) electrons. The number of benzene rings is 2. The molecule has 164 valence electrons. The first kappa shape index (κ1) is 20.7. The van der Waals surface area contributed by atoms with Gasteiger partial charge in [-0.1, -0.05) is 24.3 Å². The summed E-state index contributed by atoms with van der Waals surface area (Å²) in [5, 5.41) is 0.959. The number of hydrogen-bond acceptors (Lipinski definition) is 5. The number of carbonyl (C=O) groups is 1. The highest BCUT2D eigenvalue weighted by Crippen LogP contribution is 2.43. The highest BCUT2D eigenvalue weighted by atomic mass is 16.5. The molecule has 1 aromatic heterocycles. The first-order valence-corrected chi connectivity index (χ1v) is 11.2. The van der Waals surface area contributed by atoms with E-state index in [-0.39, 0.29) is 12.0 Å². The highest BCUT2D eigenvalue weighted by Gasteiger charge is 2.44. The van der Waals surface area contributed by atoms with Gasteiger partial charge in [0.05, 0.1) is 24.2 Å². The number of hydrogen-bond donors (Lipinski definition) is 0. The fourth-order valence-electron chi connectivity index (χ4n) is 5.32. The molecule has 0 saturated carbocycles. The lowest BCUT2D eigenvalue weighted by molar-refractivity contribution is -0.0568. The van der Waals surface area contributed by atoms with E-state index in [0.717, 1.165) is 48.1 Å². The van der Waals surface area contributed by atoms with Crippen molar-refractivity contribution in [2.24, 2.45) is 11.8 Å². The fourth-order valence-corrected chi connectivity index (χ4v) is 5.32. The van der Waals surface area contributed by atoms with Crippen molar-refractivity contribution in [2.75, 3.05) is 20.2 Å². The van der Waals surface area contributed by atoms with E-state index in [9.17, 15) is 4.79 Å². The van der Waals surface area contributed by atoms with E-state index in [0.29, 0.717) is 17.4 Å². The van der Waals surface area contributed by atoms with Gasteiger partial charge in [0.25, 0.3) is 0 Å². The number of piperidine rings is 3. The van der Waals surface area contributed by atoms with E-state index < -0.39 is 6.10 Å². The van der Waals surface area contributed by atoms with Crippen LogP contribution in [0, 0.1) is 11.8 Å². The van der Waals surface area contributed by atoms with Gasteiger partial charge in [0.1, 0.15) is 11.9 Å². The van der Waals surface area contributed by atoms with Gasteiger partial charge >= 0.3 is 5.97 Å². The molecule has 0 spiro atoms. The standard InChI is InChI=1S/C27H28N2O3/c1-3-18-17-29-14-12-20(18)15-25(29)26(32-27(30)19-7-5-4-6-8-19)22-11-13-28-24-10-9-21(31-2)16-23(22)24/h3-11,13,16,18,20,25-26H,1,12,14-15,17H2,2H3/t18-,20+,25-,26+/m1/s1. The van der Waals surface area contributed by atoms with Crippen molar-refractivity contribution < 1.29 is 14.3 Å². The molecule has 1 unspecified atom stereocenters. The molecule has 5 heteroatoms. The van der Waals surface area contributed by atoms with Crippen LogP contribution in [-0.2, 0) is 4.74 Å². The van der Waals surface area contributed by atoms with Crippen LogP contribution < -0.4 is 4.74 Å². The molecule has 3 saturated heterocycles. The van der Waals surface area contributed by atoms with Crippen molar-refractivity contribution in [1.82, 2.24) is 9.88 Å². The summed E-state index contributed by atoms with van der Waals surface area (Å²) < 4.78 is 11.8. The smallest absolute Gasteiger partial charge is 0.338 e. The molecule has 0 aliphatic carbocycles. The summed E-state index contributed by atoms with van der Waals surface area (Å²) in [6.45, 7) is 6.03. The summed E-state index contributed by atoms with van der Waals surface area (Å²) in [5.41, 5.74) is 2.41. The van der Waals surface area contributed by atoms with E-state index >= 15 is 0 Å². The molecule has 0 amide bonds. The molecule has 5 atom stereocenters. The number of rotatable bonds is 6. The summed E-state index contributed by atoms with van der Waals surface area (Å²) in [4.78, 5) is 20.2. The van der Waals surface area contributed by atoms with E-state index in [1.807, 2.05) is 42.5 Å². The second kappa shape index (κ2) is 8.75. The van der Waals surface area contributed by atoms with Crippen molar-refractivity contribution in [3.63, 3.8) is 0 Å². The second-order valence-electron chi connectivity index (χ2n) is 8.72. The number of esters is 1. The molecular weight excluding hydrogens is 400 g/mol. The van der Waals surface area contributed by atoms with Crippen LogP contribution in [0.4, 0.5) is 0 Å². The third kappa shape index (κ3) is 3.78. The maximum atomic E-state index is 13.2. The number of fused-ring (bicyclic) bond motifs is 4. The maximum Gasteiger partial charge on any atom is 0.338 e. The largest absolute Gasteiger partial charge is 0.497 e. The lowest BCUT2D eigenvalue weighted by Gasteiger charge is -2.51. The predicted molar refractivity (Wildman–Crippen MR) is 125 cm³/mol. The molecule has 5 nitrogen and oxygen atoms in total. The van der Waals surface area contributed by atoms with Crippen LogP contribution >= 0.6 is 0 Å². The van der Waals surface area contributed by atoms with E-state index in [1.54, 1.807) is 25.4 Å². The molecule has 32 heavy (non-hydrogen) atoms. The maximum absolute atomic E-state index is 13.2. The van der Waals surface area contributed by atoms with Crippen molar-refractivity contribution in [1.29, 1.82) is 0 Å². The Kier molecular flexibility index (Phi) is 5.66. The number of carbonyl (C=O) groups excluding carboxylic acids is 1. The average molecular weight is 429 g/mol. The molecule has 3 aliphatic heterocycles. The summed E-state index contributed by atoms with van der Waals surface area (Å²) in [7, 11) is 1.66. The monoisotopic (exact) mass is 428 g/mol. The van der Waals surface area contributed by atoms with Gasteiger partial charge in [-0.2, -0.15) is 0 Å². The van der Waals surface area contributed by atoms with E-state index in [2.05, 4.69) is 22.5 Å². The van der Waals surface area contributed by atoms with Gasteiger partial charge < -0.3 is 9.47 Å². The Morgan fingerprint density at radius 2 is 2.06 bits per heavy atom. The third-order valence-electron chi connectivity index (χ3n) is 7.04. The van der Waals surface area contributed by atoms with Crippen LogP contribution in [-0.4, -0.2) is 42.1 Å². The van der Waals surface area contributed by atoms with E-state index in [4.69, 9.17) is 9.47 Å². The van der Waals surface area contributed by atoms with Gasteiger partial charge in [-0.3, -0.25) is 9.88 Å². The van der Waals surface area contributed by atoms with Crippen molar-refractivity contribution in [3.8, 4) is 5.75 Å². The molecule has 4 heterocycles. The van der Waals surface area contributed by atoms with Crippen LogP contribution in [0.5, 0.6) is 5.75 Å². The Labute approximate surface area is 188 Å². The fraction of sp³-hybridized carbons (Fsp3) is 0.333. The first-order chi connectivity index (χ1) is 15.7. The minimum Gasteiger partial charge on any atom is -0.497 e.